The van der Waals surface area contributed by atoms with E-state index in [2.05, 4.69) is 0 Å². The van der Waals surface area contributed by atoms with Gasteiger partial charge in [-0.25, -0.2) is 0 Å². The molecule has 0 fully saturated rings. The van der Waals surface area contributed by atoms with E-state index in [9.17, 15) is 4.79 Å². The Morgan fingerprint density at radius 1 is 1.59 bits per heavy atom. The summed E-state index contributed by atoms with van der Waals surface area (Å²) in [6.07, 6.45) is 1.74. The molecule has 0 aromatic heterocycles. The summed E-state index contributed by atoms with van der Waals surface area (Å²) in [7, 11) is 1.64. The average molecular weight is 236 g/mol. The lowest BCUT2D eigenvalue weighted by atomic mass is 9.95. The lowest BCUT2D eigenvalue weighted by Crippen LogP contribution is -2.02. The van der Waals surface area contributed by atoms with E-state index in [1.54, 1.807) is 7.11 Å². The Morgan fingerprint density at radius 2 is 2.41 bits per heavy atom. The van der Waals surface area contributed by atoms with E-state index in [0.29, 0.717) is 18.9 Å². The van der Waals surface area contributed by atoms with Gasteiger partial charge in [-0.3, -0.25) is 4.79 Å². The van der Waals surface area contributed by atoms with E-state index in [1.807, 2.05) is 18.2 Å². The third-order valence-electron chi connectivity index (χ3n) is 3.04. The molecule has 0 amide bonds. The van der Waals surface area contributed by atoms with Crippen molar-refractivity contribution in [2.75, 3.05) is 13.7 Å². The molecule has 0 radical (unpaired) electrons. The molecule has 0 spiro atoms. The molecule has 92 valence electrons. The Bertz CT molecular complexity index is 414. The Morgan fingerprint density at radius 3 is 3.12 bits per heavy atom. The van der Waals surface area contributed by atoms with Gasteiger partial charge in [0.25, 0.3) is 0 Å². The van der Waals surface area contributed by atoms with E-state index in [-0.39, 0.29) is 6.42 Å². The molecule has 2 rings (SSSR count). The van der Waals surface area contributed by atoms with Gasteiger partial charge in [0.05, 0.1) is 13.7 Å². The van der Waals surface area contributed by atoms with Crippen LogP contribution in [0.3, 0.4) is 0 Å². The second-order valence-corrected chi connectivity index (χ2v) is 4.20. The Kier molecular flexibility index (Phi) is 3.52. The zero-order valence-electron chi connectivity index (χ0n) is 9.81. The van der Waals surface area contributed by atoms with Crippen LogP contribution in [0.25, 0.3) is 0 Å². The molecule has 17 heavy (non-hydrogen) atoms. The van der Waals surface area contributed by atoms with E-state index >= 15 is 0 Å². The van der Waals surface area contributed by atoms with Gasteiger partial charge in [-0.1, -0.05) is 0 Å². The summed E-state index contributed by atoms with van der Waals surface area (Å²) >= 11 is 0. The predicted molar refractivity (Wildman–Crippen MR) is 62.7 cm³/mol. The molecule has 1 aromatic carbocycles. The summed E-state index contributed by atoms with van der Waals surface area (Å²) in [5, 5.41) is 8.61. The second kappa shape index (κ2) is 5.08. The minimum Gasteiger partial charge on any atom is -0.497 e. The monoisotopic (exact) mass is 236 g/mol. The molecular weight excluding hydrogens is 220 g/mol. The van der Waals surface area contributed by atoms with Crippen molar-refractivity contribution >= 4 is 5.97 Å². The van der Waals surface area contributed by atoms with E-state index < -0.39 is 5.97 Å². The molecule has 4 heteroatoms. The minimum absolute atomic E-state index is 0.218. The van der Waals surface area contributed by atoms with Crippen molar-refractivity contribution in [2.24, 2.45) is 0 Å². The third-order valence-corrected chi connectivity index (χ3v) is 3.04. The van der Waals surface area contributed by atoms with Gasteiger partial charge in [-0.15, -0.1) is 0 Å². The molecule has 4 nitrogen and oxygen atoms in total. The SMILES string of the molecule is COc1ccc2c(c1)[C@@H](CCCC(=O)O)CO2. The van der Waals surface area contributed by atoms with Crippen LogP contribution < -0.4 is 9.47 Å². The van der Waals surface area contributed by atoms with Crippen molar-refractivity contribution in [3.63, 3.8) is 0 Å². The lowest BCUT2D eigenvalue weighted by Gasteiger charge is -2.08. The molecule has 0 aliphatic carbocycles. The van der Waals surface area contributed by atoms with Gasteiger partial charge in [-0.2, -0.15) is 0 Å². The fraction of sp³-hybridized carbons (Fsp3) is 0.462. The maximum atomic E-state index is 10.5. The summed E-state index contributed by atoms with van der Waals surface area (Å²) in [6.45, 7) is 0.641. The van der Waals surface area contributed by atoms with Crippen LogP contribution >= 0.6 is 0 Å². The van der Waals surface area contributed by atoms with Crippen LogP contribution in [-0.4, -0.2) is 24.8 Å². The van der Waals surface area contributed by atoms with Crippen molar-refractivity contribution in [2.45, 2.75) is 25.2 Å². The summed E-state index contributed by atoms with van der Waals surface area (Å²) in [5.41, 5.74) is 1.13. The first-order valence-electron chi connectivity index (χ1n) is 5.73. The van der Waals surface area contributed by atoms with Crippen LogP contribution in [-0.2, 0) is 4.79 Å². The number of hydrogen-bond acceptors (Lipinski definition) is 3. The van der Waals surface area contributed by atoms with Gasteiger partial charge in [0.15, 0.2) is 0 Å². The predicted octanol–water partition coefficient (Wildman–Crippen LogP) is 2.43. The number of benzene rings is 1. The molecule has 1 aliphatic rings. The fourth-order valence-corrected chi connectivity index (χ4v) is 2.12. The van der Waals surface area contributed by atoms with Gasteiger partial charge in [0, 0.05) is 17.9 Å². The quantitative estimate of drug-likeness (QED) is 0.853. The van der Waals surface area contributed by atoms with Crippen molar-refractivity contribution in [1.29, 1.82) is 0 Å². The van der Waals surface area contributed by atoms with Crippen molar-refractivity contribution in [1.82, 2.24) is 0 Å². The second-order valence-electron chi connectivity index (χ2n) is 4.20. The maximum absolute atomic E-state index is 10.5. The molecule has 1 heterocycles. The number of methoxy groups -OCH3 is 1. The molecular formula is C13H16O4. The highest BCUT2D eigenvalue weighted by atomic mass is 16.5. The number of fused-ring (bicyclic) bond motifs is 1. The molecule has 1 aliphatic heterocycles. The van der Waals surface area contributed by atoms with Gasteiger partial charge >= 0.3 is 5.97 Å². The van der Waals surface area contributed by atoms with E-state index in [4.69, 9.17) is 14.6 Å². The highest BCUT2D eigenvalue weighted by Crippen LogP contribution is 2.38. The number of carboxylic acids is 1. The van der Waals surface area contributed by atoms with Gasteiger partial charge < -0.3 is 14.6 Å². The third kappa shape index (κ3) is 2.70. The molecule has 1 atom stereocenters. The van der Waals surface area contributed by atoms with Gasteiger partial charge in [-0.05, 0) is 31.0 Å². The lowest BCUT2D eigenvalue weighted by molar-refractivity contribution is -0.137. The zero-order valence-corrected chi connectivity index (χ0v) is 9.81. The Hall–Kier alpha value is -1.71. The standard InChI is InChI=1S/C13H16O4/c1-16-10-5-6-12-11(7-10)9(8-17-12)3-2-4-13(14)15/h5-7,9H,2-4,8H2,1H3,(H,14,15)/t9-/m0/s1. The molecule has 1 aromatic rings. The molecule has 0 unspecified atom stereocenters. The highest BCUT2D eigenvalue weighted by molar-refractivity contribution is 5.66. The van der Waals surface area contributed by atoms with Crippen LogP contribution in [0, 0.1) is 0 Å². The summed E-state index contributed by atoms with van der Waals surface area (Å²) in [6, 6.07) is 5.76. The number of aliphatic carboxylic acids is 1. The summed E-state index contributed by atoms with van der Waals surface area (Å²) in [4.78, 5) is 10.5. The largest absolute Gasteiger partial charge is 0.497 e. The van der Waals surface area contributed by atoms with Crippen LogP contribution in [0.5, 0.6) is 11.5 Å². The number of carboxylic acid groups (broad SMARTS) is 1. The van der Waals surface area contributed by atoms with Gasteiger partial charge in [0.2, 0.25) is 0 Å². The van der Waals surface area contributed by atoms with Crippen molar-refractivity contribution in [3.8, 4) is 11.5 Å². The minimum atomic E-state index is -0.741. The first kappa shape index (κ1) is 11.8. The molecule has 0 saturated heterocycles. The van der Waals surface area contributed by atoms with Crippen molar-refractivity contribution in [3.05, 3.63) is 23.8 Å². The first-order valence-corrected chi connectivity index (χ1v) is 5.73. The first-order chi connectivity index (χ1) is 8.20. The van der Waals surface area contributed by atoms with Crippen molar-refractivity contribution < 1.29 is 19.4 Å². The van der Waals surface area contributed by atoms with Crippen LogP contribution in [0.15, 0.2) is 18.2 Å². The zero-order chi connectivity index (χ0) is 12.3. The fourth-order valence-electron chi connectivity index (χ4n) is 2.12. The molecule has 0 bridgehead atoms. The molecule has 1 N–H and O–H groups in total. The molecule has 0 saturated carbocycles. The van der Waals surface area contributed by atoms with E-state index in [1.165, 1.54) is 0 Å². The Balaban J connectivity index is 2.02. The number of ether oxygens (including phenoxy) is 2. The van der Waals surface area contributed by atoms with Crippen LogP contribution in [0.2, 0.25) is 0 Å². The summed E-state index contributed by atoms with van der Waals surface area (Å²) < 4.78 is 10.7. The number of hydrogen-bond donors (Lipinski definition) is 1. The van der Waals surface area contributed by atoms with Crippen LogP contribution in [0.4, 0.5) is 0 Å². The highest BCUT2D eigenvalue weighted by Gasteiger charge is 2.24. The maximum Gasteiger partial charge on any atom is 0.303 e. The number of carbonyl (C=O) groups is 1. The number of rotatable bonds is 5. The van der Waals surface area contributed by atoms with E-state index in [0.717, 1.165) is 23.5 Å². The Labute approximate surface area is 100 Å². The van der Waals surface area contributed by atoms with Crippen LogP contribution in [0.1, 0.15) is 30.7 Å². The average Bonchev–Trinajstić information content (AvgIpc) is 2.71. The topological polar surface area (TPSA) is 55.8 Å². The smallest absolute Gasteiger partial charge is 0.303 e. The normalized spacial score (nSPS) is 17.4. The summed E-state index contributed by atoms with van der Waals surface area (Å²) in [5.74, 6) is 1.26. The van der Waals surface area contributed by atoms with Gasteiger partial charge in [0.1, 0.15) is 11.5 Å².